The van der Waals surface area contributed by atoms with E-state index < -0.39 is 0 Å². The first-order valence-electron chi connectivity index (χ1n) is 8.16. The van der Waals surface area contributed by atoms with E-state index in [9.17, 15) is 4.79 Å². The molecule has 1 amide bonds. The van der Waals surface area contributed by atoms with Crippen molar-refractivity contribution in [2.24, 2.45) is 11.7 Å². The molecule has 1 unspecified atom stereocenters. The van der Waals surface area contributed by atoms with Crippen molar-refractivity contribution in [2.45, 2.75) is 59.0 Å². The molecule has 1 heterocycles. The molecule has 21 heavy (non-hydrogen) atoms. The summed E-state index contributed by atoms with van der Waals surface area (Å²) in [6.07, 6.45) is 3.71. The van der Waals surface area contributed by atoms with Gasteiger partial charge in [0, 0.05) is 25.6 Å². The number of nitrogens with zero attached hydrogens (tertiary/aromatic N) is 1. The molecule has 0 aromatic heterocycles. The molecule has 1 aromatic carbocycles. The van der Waals surface area contributed by atoms with Crippen molar-refractivity contribution in [3.63, 3.8) is 0 Å². The number of fused-ring (bicyclic) bond motifs is 1. The summed E-state index contributed by atoms with van der Waals surface area (Å²) in [4.78, 5) is 14.2. The van der Waals surface area contributed by atoms with Gasteiger partial charge in [-0.2, -0.15) is 0 Å². The van der Waals surface area contributed by atoms with E-state index >= 15 is 0 Å². The van der Waals surface area contributed by atoms with Gasteiger partial charge in [0.1, 0.15) is 0 Å². The number of hydrogen-bond donors (Lipinski definition) is 1. The lowest BCUT2D eigenvalue weighted by Gasteiger charge is -2.30. The van der Waals surface area contributed by atoms with Crippen LogP contribution in [0.4, 0.5) is 0 Å². The fraction of sp³-hybridized carbons (Fsp3) is 0.611. The molecule has 1 aliphatic rings. The van der Waals surface area contributed by atoms with Gasteiger partial charge >= 0.3 is 0 Å². The number of carbonyl (C=O) groups excluding carboxylic acids is 1. The Bertz CT molecular complexity index is 496. The van der Waals surface area contributed by atoms with Crippen molar-refractivity contribution in [2.75, 3.05) is 6.54 Å². The van der Waals surface area contributed by atoms with Crippen LogP contribution in [0.2, 0.25) is 0 Å². The Hall–Kier alpha value is -1.35. The normalized spacial score (nSPS) is 16.0. The topological polar surface area (TPSA) is 46.3 Å². The summed E-state index contributed by atoms with van der Waals surface area (Å²) in [6, 6.07) is 6.68. The molecule has 0 fully saturated rings. The molecule has 0 aliphatic carbocycles. The zero-order valence-electron chi connectivity index (χ0n) is 13.6. The van der Waals surface area contributed by atoms with Crippen LogP contribution in [0.25, 0.3) is 0 Å². The Kier molecular flexibility index (Phi) is 5.40. The third-order valence-electron chi connectivity index (χ3n) is 4.21. The van der Waals surface area contributed by atoms with Crippen LogP contribution in [0.5, 0.6) is 0 Å². The molecule has 3 heteroatoms. The Morgan fingerprint density at radius 2 is 2.10 bits per heavy atom. The van der Waals surface area contributed by atoms with E-state index in [4.69, 9.17) is 5.73 Å². The van der Waals surface area contributed by atoms with Gasteiger partial charge in [-0.1, -0.05) is 45.4 Å². The smallest absolute Gasteiger partial charge is 0.223 e. The third-order valence-corrected chi connectivity index (χ3v) is 4.21. The minimum Gasteiger partial charge on any atom is -0.338 e. The van der Waals surface area contributed by atoms with Crippen LogP contribution in [0.3, 0.4) is 0 Å². The van der Waals surface area contributed by atoms with E-state index in [-0.39, 0.29) is 11.9 Å². The van der Waals surface area contributed by atoms with Crippen LogP contribution < -0.4 is 5.73 Å². The van der Waals surface area contributed by atoms with Crippen molar-refractivity contribution in [3.8, 4) is 0 Å². The Morgan fingerprint density at radius 1 is 1.33 bits per heavy atom. The lowest BCUT2D eigenvalue weighted by Crippen LogP contribution is -2.36. The van der Waals surface area contributed by atoms with Crippen LogP contribution in [0.1, 0.15) is 62.8 Å². The van der Waals surface area contributed by atoms with Gasteiger partial charge in [-0.05, 0) is 35.4 Å². The average molecular weight is 288 g/mol. The van der Waals surface area contributed by atoms with Crippen LogP contribution in [-0.4, -0.2) is 17.4 Å². The third kappa shape index (κ3) is 4.07. The Balaban J connectivity index is 2.11. The largest absolute Gasteiger partial charge is 0.338 e. The lowest BCUT2D eigenvalue weighted by molar-refractivity contribution is -0.132. The van der Waals surface area contributed by atoms with Crippen molar-refractivity contribution < 1.29 is 4.79 Å². The standard InChI is InChI=1S/C18H28N2O/c1-4-5-17(19)15-7-6-14-8-9-20(12-16(14)11-15)18(21)10-13(2)3/h6-7,11,13,17H,4-5,8-10,12,19H2,1-3H3. The van der Waals surface area contributed by atoms with E-state index in [1.807, 2.05) is 4.90 Å². The minimum atomic E-state index is 0.113. The van der Waals surface area contributed by atoms with E-state index in [2.05, 4.69) is 39.0 Å². The molecule has 116 valence electrons. The average Bonchev–Trinajstić information content (AvgIpc) is 2.45. The second-order valence-corrected chi connectivity index (χ2v) is 6.59. The summed E-state index contributed by atoms with van der Waals surface area (Å²) in [7, 11) is 0. The predicted octanol–water partition coefficient (Wildman–Crippen LogP) is 3.42. The molecule has 2 rings (SSSR count). The molecule has 0 saturated heterocycles. The monoisotopic (exact) mass is 288 g/mol. The number of rotatable bonds is 5. The molecule has 3 nitrogen and oxygen atoms in total. The molecule has 0 radical (unpaired) electrons. The summed E-state index contributed by atoms with van der Waals surface area (Å²) in [6.45, 7) is 7.94. The van der Waals surface area contributed by atoms with Gasteiger partial charge in [-0.3, -0.25) is 4.79 Å². The molecule has 1 aromatic rings. The molecule has 1 aliphatic heterocycles. The van der Waals surface area contributed by atoms with Crippen LogP contribution in [0, 0.1) is 5.92 Å². The maximum absolute atomic E-state index is 12.2. The summed E-state index contributed by atoms with van der Waals surface area (Å²) in [5, 5.41) is 0. The van der Waals surface area contributed by atoms with Crippen molar-refractivity contribution >= 4 is 5.91 Å². The first kappa shape index (κ1) is 16.0. The van der Waals surface area contributed by atoms with Gasteiger partial charge in [0.15, 0.2) is 0 Å². The quantitative estimate of drug-likeness (QED) is 0.902. The van der Waals surface area contributed by atoms with E-state index in [1.54, 1.807) is 0 Å². The van der Waals surface area contributed by atoms with Gasteiger partial charge in [-0.25, -0.2) is 0 Å². The maximum atomic E-state index is 12.2. The number of benzene rings is 1. The number of amides is 1. The molecule has 0 saturated carbocycles. The Labute approximate surface area is 128 Å². The van der Waals surface area contributed by atoms with Gasteiger partial charge in [-0.15, -0.1) is 0 Å². The number of nitrogens with two attached hydrogens (primary N) is 1. The van der Waals surface area contributed by atoms with E-state index in [0.29, 0.717) is 12.3 Å². The highest BCUT2D eigenvalue weighted by Gasteiger charge is 2.21. The fourth-order valence-electron chi connectivity index (χ4n) is 2.98. The van der Waals surface area contributed by atoms with E-state index in [0.717, 1.165) is 32.4 Å². The fourth-order valence-corrected chi connectivity index (χ4v) is 2.98. The van der Waals surface area contributed by atoms with Gasteiger partial charge in [0.05, 0.1) is 0 Å². The SMILES string of the molecule is CCCC(N)c1ccc2c(c1)CN(C(=O)CC(C)C)CC2. The summed E-state index contributed by atoms with van der Waals surface area (Å²) >= 11 is 0. The molecule has 2 N–H and O–H groups in total. The predicted molar refractivity (Wildman–Crippen MR) is 86.9 cm³/mol. The highest BCUT2D eigenvalue weighted by Crippen LogP contribution is 2.25. The van der Waals surface area contributed by atoms with Crippen LogP contribution in [0.15, 0.2) is 18.2 Å². The summed E-state index contributed by atoms with van der Waals surface area (Å²) in [5.41, 5.74) is 10.1. The molecular weight excluding hydrogens is 260 g/mol. The van der Waals surface area contributed by atoms with Gasteiger partial charge in [0.2, 0.25) is 5.91 Å². The van der Waals surface area contributed by atoms with Gasteiger partial charge < -0.3 is 10.6 Å². The zero-order valence-corrected chi connectivity index (χ0v) is 13.6. The van der Waals surface area contributed by atoms with Crippen LogP contribution >= 0.6 is 0 Å². The van der Waals surface area contributed by atoms with Gasteiger partial charge in [0.25, 0.3) is 0 Å². The molecule has 0 spiro atoms. The molecule has 0 bridgehead atoms. The Morgan fingerprint density at radius 3 is 2.76 bits per heavy atom. The summed E-state index contributed by atoms with van der Waals surface area (Å²) in [5.74, 6) is 0.696. The lowest BCUT2D eigenvalue weighted by atomic mass is 9.93. The number of hydrogen-bond acceptors (Lipinski definition) is 2. The minimum absolute atomic E-state index is 0.113. The second kappa shape index (κ2) is 7.08. The number of carbonyl (C=O) groups is 1. The highest BCUT2D eigenvalue weighted by atomic mass is 16.2. The van der Waals surface area contributed by atoms with E-state index in [1.165, 1.54) is 16.7 Å². The van der Waals surface area contributed by atoms with Crippen LogP contribution in [-0.2, 0) is 17.8 Å². The highest BCUT2D eigenvalue weighted by molar-refractivity contribution is 5.76. The van der Waals surface area contributed by atoms with Crippen molar-refractivity contribution in [1.82, 2.24) is 4.90 Å². The molecular formula is C18H28N2O. The van der Waals surface area contributed by atoms with Crippen molar-refractivity contribution in [3.05, 3.63) is 34.9 Å². The first-order valence-corrected chi connectivity index (χ1v) is 8.16. The first-order chi connectivity index (χ1) is 10.0. The maximum Gasteiger partial charge on any atom is 0.223 e. The summed E-state index contributed by atoms with van der Waals surface area (Å²) < 4.78 is 0. The van der Waals surface area contributed by atoms with Crippen molar-refractivity contribution in [1.29, 1.82) is 0 Å². The zero-order chi connectivity index (χ0) is 15.4. The molecule has 1 atom stereocenters. The second-order valence-electron chi connectivity index (χ2n) is 6.59.